The molecule has 0 fully saturated rings. The van der Waals surface area contributed by atoms with E-state index in [4.69, 9.17) is 34.8 Å². The molecule has 0 aromatic heterocycles. The molecule has 3 aromatic carbocycles. The molecule has 0 heterocycles. The summed E-state index contributed by atoms with van der Waals surface area (Å²) < 4.78 is 14.1. The molecule has 0 N–H and O–H groups in total. The predicted octanol–water partition coefficient (Wildman–Crippen LogP) is 5.29. The average molecular weight is 382 g/mol. The van der Waals surface area contributed by atoms with Crippen molar-refractivity contribution in [3.63, 3.8) is 0 Å². The largest absolute Gasteiger partial charge is 0.309 e. The number of hydrogen-bond donors (Lipinski definition) is 0. The van der Waals surface area contributed by atoms with Crippen LogP contribution in [0.4, 0.5) is 0 Å². The Morgan fingerprint density at radius 3 is 1.13 bits per heavy atom. The van der Waals surface area contributed by atoms with Crippen molar-refractivity contribution >= 4 is 57.9 Å². The van der Waals surface area contributed by atoms with Crippen LogP contribution in [0.15, 0.2) is 72.8 Å². The summed E-state index contributed by atoms with van der Waals surface area (Å²) in [6.07, 6.45) is 0. The molecule has 116 valence electrons. The molecule has 0 unspecified atom stereocenters. The molecule has 3 aromatic rings. The van der Waals surface area contributed by atoms with E-state index in [9.17, 15) is 4.57 Å². The molecule has 23 heavy (non-hydrogen) atoms. The molecular formula is C18H12Cl3OP. The predicted molar refractivity (Wildman–Crippen MR) is 101 cm³/mol. The lowest BCUT2D eigenvalue weighted by Crippen LogP contribution is -2.25. The number of hydrogen-bond acceptors (Lipinski definition) is 1. The molecule has 5 heteroatoms. The van der Waals surface area contributed by atoms with E-state index in [1.807, 2.05) is 18.2 Å². The zero-order valence-electron chi connectivity index (χ0n) is 11.9. The summed E-state index contributed by atoms with van der Waals surface area (Å²) >= 11 is 18.3. The van der Waals surface area contributed by atoms with Crippen LogP contribution in [0.3, 0.4) is 0 Å². The Morgan fingerprint density at radius 2 is 0.870 bits per heavy atom. The Balaban J connectivity index is 2.32. The monoisotopic (exact) mass is 380 g/mol. The molecule has 0 radical (unpaired) electrons. The van der Waals surface area contributed by atoms with E-state index in [2.05, 4.69) is 0 Å². The highest BCUT2D eigenvalue weighted by atomic mass is 35.5. The molecule has 0 aliphatic heterocycles. The first kappa shape index (κ1) is 16.6. The van der Waals surface area contributed by atoms with Crippen LogP contribution in [0.5, 0.6) is 0 Å². The third-order valence-corrected chi connectivity index (χ3v) is 7.24. The zero-order valence-corrected chi connectivity index (χ0v) is 15.1. The van der Waals surface area contributed by atoms with Crippen molar-refractivity contribution in [3.8, 4) is 0 Å². The lowest BCUT2D eigenvalue weighted by atomic mass is 10.3. The Labute approximate surface area is 150 Å². The zero-order chi connectivity index (χ0) is 16.4. The molecule has 0 spiro atoms. The highest BCUT2D eigenvalue weighted by Gasteiger charge is 2.30. The molecule has 0 saturated heterocycles. The summed E-state index contributed by atoms with van der Waals surface area (Å²) in [5.74, 6) is 0. The topological polar surface area (TPSA) is 17.1 Å². The minimum absolute atomic E-state index is 0.534. The minimum atomic E-state index is -3.11. The van der Waals surface area contributed by atoms with Gasteiger partial charge in [-0.25, -0.2) is 0 Å². The van der Waals surface area contributed by atoms with Crippen molar-refractivity contribution in [2.75, 3.05) is 0 Å². The quantitative estimate of drug-likeness (QED) is 0.564. The van der Waals surface area contributed by atoms with E-state index in [0.29, 0.717) is 31.0 Å². The summed E-state index contributed by atoms with van der Waals surface area (Å²) in [5.41, 5.74) is 0. The molecule has 0 aliphatic carbocycles. The van der Waals surface area contributed by atoms with Crippen LogP contribution < -0.4 is 15.9 Å². The van der Waals surface area contributed by atoms with Crippen LogP contribution in [-0.2, 0) is 4.57 Å². The maximum atomic E-state index is 14.1. The highest BCUT2D eigenvalue weighted by molar-refractivity contribution is 7.85. The second-order valence-electron chi connectivity index (χ2n) is 5.05. The van der Waals surface area contributed by atoms with Gasteiger partial charge in [0.1, 0.15) is 0 Å². The Kier molecular flexibility index (Phi) is 4.85. The van der Waals surface area contributed by atoms with Gasteiger partial charge in [-0.05, 0) is 36.4 Å². The van der Waals surface area contributed by atoms with Gasteiger partial charge in [-0.2, -0.15) is 0 Å². The summed E-state index contributed by atoms with van der Waals surface area (Å²) in [5, 5.41) is 3.55. The molecule has 3 rings (SSSR count). The lowest BCUT2D eigenvalue weighted by molar-refractivity contribution is 0.592. The van der Waals surface area contributed by atoms with Gasteiger partial charge in [0.05, 0.1) is 0 Å². The van der Waals surface area contributed by atoms with E-state index in [1.54, 1.807) is 54.6 Å². The SMILES string of the molecule is O=P(c1cccc(Cl)c1)(c1cccc(Cl)c1)c1cccc(Cl)c1. The summed E-state index contributed by atoms with van der Waals surface area (Å²) in [6, 6.07) is 21.3. The average Bonchev–Trinajstić information content (AvgIpc) is 2.54. The lowest BCUT2D eigenvalue weighted by Gasteiger charge is -2.20. The first-order valence-electron chi connectivity index (χ1n) is 6.88. The molecule has 0 saturated carbocycles. The molecular weight excluding hydrogens is 370 g/mol. The van der Waals surface area contributed by atoms with Crippen molar-refractivity contribution in [1.82, 2.24) is 0 Å². The van der Waals surface area contributed by atoms with Crippen molar-refractivity contribution < 1.29 is 4.57 Å². The highest BCUT2D eigenvalue weighted by Crippen LogP contribution is 2.43. The third kappa shape index (κ3) is 3.34. The van der Waals surface area contributed by atoms with E-state index >= 15 is 0 Å². The minimum Gasteiger partial charge on any atom is -0.309 e. The van der Waals surface area contributed by atoms with Crippen LogP contribution in [0.25, 0.3) is 0 Å². The van der Waals surface area contributed by atoms with Crippen molar-refractivity contribution in [2.24, 2.45) is 0 Å². The van der Waals surface area contributed by atoms with E-state index in [-0.39, 0.29) is 0 Å². The van der Waals surface area contributed by atoms with Gasteiger partial charge < -0.3 is 4.57 Å². The fourth-order valence-electron chi connectivity index (χ4n) is 2.46. The molecule has 0 aliphatic rings. The van der Waals surface area contributed by atoms with Crippen LogP contribution in [-0.4, -0.2) is 0 Å². The second kappa shape index (κ2) is 6.71. The van der Waals surface area contributed by atoms with E-state index < -0.39 is 7.14 Å². The Hall–Kier alpha value is -1.24. The van der Waals surface area contributed by atoms with Gasteiger partial charge in [0.25, 0.3) is 0 Å². The van der Waals surface area contributed by atoms with Gasteiger partial charge >= 0.3 is 0 Å². The van der Waals surface area contributed by atoms with Crippen LogP contribution in [0.1, 0.15) is 0 Å². The molecule has 1 nitrogen and oxygen atoms in total. The van der Waals surface area contributed by atoms with Gasteiger partial charge in [0.15, 0.2) is 7.14 Å². The Morgan fingerprint density at radius 1 is 0.565 bits per heavy atom. The summed E-state index contributed by atoms with van der Waals surface area (Å²) in [7, 11) is -3.11. The van der Waals surface area contributed by atoms with Gasteiger partial charge in [-0.3, -0.25) is 0 Å². The van der Waals surface area contributed by atoms with Crippen molar-refractivity contribution in [3.05, 3.63) is 87.9 Å². The number of benzene rings is 3. The normalized spacial score (nSPS) is 11.4. The summed E-state index contributed by atoms with van der Waals surface area (Å²) in [6.45, 7) is 0. The first-order chi connectivity index (χ1) is 11.0. The second-order valence-corrected chi connectivity index (χ2v) is 9.13. The van der Waals surface area contributed by atoms with Crippen LogP contribution in [0.2, 0.25) is 15.1 Å². The first-order valence-corrected chi connectivity index (χ1v) is 9.73. The number of halogens is 3. The maximum Gasteiger partial charge on any atom is 0.171 e. The van der Waals surface area contributed by atoms with Crippen LogP contribution >= 0.6 is 41.9 Å². The third-order valence-electron chi connectivity index (χ3n) is 3.52. The fourth-order valence-corrected chi connectivity index (χ4v) is 6.01. The smallest absolute Gasteiger partial charge is 0.171 e. The summed E-state index contributed by atoms with van der Waals surface area (Å²) in [4.78, 5) is 0. The Bertz CT molecular complexity index is 790. The molecule has 0 bridgehead atoms. The van der Waals surface area contributed by atoms with E-state index in [0.717, 1.165) is 0 Å². The molecule has 0 atom stereocenters. The van der Waals surface area contributed by atoms with E-state index in [1.165, 1.54) is 0 Å². The van der Waals surface area contributed by atoms with Gasteiger partial charge in [-0.1, -0.05) is 71.2 Å². The number of rotatable bonds is 3. The van der Waals surface area contributed by atoms with Crippen molar-refractivity contribution in [2.45, 2.75) is 0 Å². The van der Waals surface area contributed by atoms with Gasteiger partial charge in [-0.15, -0.1) is 0 Å². The van der Waals surface area contributed by atoms with Crippen molar-refractivity contribution in [1.29, 1.82) is 0 Å². The van der Waals surface area contributed by atoms with Gasteiger partial charge in [0.2, 0.25) is 0 Å². The van der Waals surface area contributed by atoms with Crippen LogP contribution in [0, 0.1) is 0 Å². The maximum absolute atomic E-state index is 14.1. The standard InChI is InChI=1S/C18H12Cl3OP/c19-13-4-1-7-16(10-13)23(22,17-8-2-5-14(20)11-17)18-9-3-6-15(21)12-18/h1-12H. The molecule has 0 amide bonds. The fraction of sp³-hybridized carbons (Fsp3) is 0. The van der Waals surface area contributed by atoms with Gasteiger partial charge in [0, 0.05) is 31.0 Å².